The summed E-state index contributed by atoms with van der Waals surface area (Å²) in [6, 6.07) is 2.71. The Morgan fingerprint density at radius 1 is 1.20 bits per heavy atom. The maximum atomic E-state index is 13.0. The van der Waals surface area contributed by atoms with E-state index in [9.17, 15) is 13.2 Å². The lowest BCUT2D eigenvalue weighted by molar-refractivity contribution is 0.201. The summed E-state index contributed by atoms with van der Waals surface area (Å²) in [6.07, 6.45) is 1.37. The Bertz CT molecular complexity index is 915. The maximum Gasteiger partial charge on any atom is 0.344 e. The fraction of sp³-hybridized carbons (Fsp3) is 0.412. The quantitative estimate of drug-likeness (QED) is 0.808. The number of hydrogen-bond acceptors (Lipinski definition) is 4. The number of sulfone groups is 1. The van der Waals surface area contributed by atoms with Crippen LogP contribution in [0.25, 0.3) is 0 Å². The van der Waals surface area contributed by atoms with Crippen LogP contribution in [0.1, 0.15) is 30.5 Å². The third-order valence-corrected chi connectivity index (χ3v) is 6.66. The number of carbonyl (C=O) groups excluding carboxylic acids is 1. The molecule has 0 N–H and O–H groups in total. The number of benzene rings is 1. The van der Waals surface area contributed by atoms with Gasteiger partial charge in [0.25, 0.3) is 0 Å². The number of nitrogens with zero attached hydrogens (tertiary/aromatic N) is 3. The lowest BCUT2D eigenvalue weighted by atomic mass is 10.1. The Hall–Kier alpha value is -1.86. The highest BCUT2D eigenvalue weighted by Crippen LogP contribution is 2.32. The molecule has 0 unspecified atom stereocenters. The molecule has 0 aliphatic carbocycles. The highest BCUT2D eigenvalue weighted by Gasteiger charge is 2.27. The average Bonchev–Trinajstić information content (AvgIpc) is 3.04. The van der Waals surface area contributed by atoms with E-state index in [1.807, 2.05) is 20.8 Å². The Morgan fingerprint density at radius 3 is 2.36 bits per heavy atom. The molecule has 0 saturated carbocycles. The van der Waals surface area contributed by atoms with Crippen LogP contribution in [0.5, 0.6) is 0 Å². The summed E-state index contributed by atoms with van der Waals surface area (Å²) in [5, 5.41) is 4.26. The van der Waals surface area contributed by atoms with Gasteiger partial charge in [-0.15, -0.1) is 0 Å². The van der Waals surface area contributed by atoms with Crippen molar-refractivity contribution in [2.75, 3.05) is 13.1 Å². The zero-order valence-electron chi connectivity index (χ0n) is 15.0. The van der Waals surface area contributed by atoms with Gasteiger partial charge in [0.15, 0.2) is 5.03 Å². The Morgan fingerprint density at radius 2 is 1.80 bits per heavy atom. The molecule has 1 amide bonds. The van der Waals surface area contributed by atoms with Gasteiger partial charge in [0, 0.05) is 24.3 Å². The van der Waals surface area contributed by atoms with E-state index in [1.165, 1.54) is 12.3 Å². The molecular formula is C17H22ClN3O3S. The molecule has 0 spiro atoms. The maximum absolute atomic E-state index is 13.0. The predicted molar refractivity (Wildman–Crippen MR) is 97.1 cm³/mol. The first-order valence-corrected chi connectivity index (χ1v) is 9.87. The molecule has 0 saturated heterocycles. The smallest absolute Gasteiger partial charge is 0.323 e. The summed E-state index contributed by atoms with van der Waals surface area (Å²) in [4.78, 5) is 14.0. The van der Waals surface area contributed by atoms with Gasteiger partial charge in [0.05, 0.1) is 4.90 Å². The van der Waals surface area contributed by atoms with Crippen LogP contribution in [0.2, 0.25) is 5.02 Å². The number of rotatable bonds is 4. The van der Waals surface area contributed by atoms with E-state index in [0.29, 0.717) is 29.2 Å². The number of aryl methyl sites for hydroxylation is 2. The van der Waals surface area contributed by atoms with Gasteiger partial charge in [-0.2, -0.15) is 9.78 Å². The zero-order valence-corrected chi connectivity index (χ0v) is 16.6. The van der Waals surface area contributed by atoms with Crippen LogP contribution in [0, 0.1) is 20.8 Å². The van der Waals surface area contributed by atoms with Crippen molar-refractivity contribution in [2.24, 2.45) is 0 Å². The third-order valence-electron chi connectivity index (χ3n) is 4.15. The lowest BCUT2D eigenvalue weighted by Crippen LogP contribution is -2.34. The first-order chi connectivity index (χ1) is 11.6. The van der Waals surface area contributed by atoms with Crippen molar-refractivity contribution in [1.29, 1.82) is 0 Å². The molecule has 0 fully saturated rings. The van der Waals surface area contributed by atoms with E-state index in [-0.39, 0.29) is 16.0 Å². The first-order valence-electron chi connectivity index (χ1n) is 8.01. The zero-order chi connectivity index (χ0) is 18.9. The van der Waals surface area contributed by atoms with Crippen LogP contribution in [-0.4, -0.2) is 42.2 Å². The van der Waals surface area contributed by atoms with E-state index in [2.05, 4.69) is 5.10 Å². The van der Waals surface area contributed by atoms with Gasteiger partial charge in [0.1, 0.15) is 0 Å². The molecule has 1 aromatic carbocycles. The number of amides is 1. The minimum atomic E-state index is -3.88. The molecule has 136 valence electrons. The topological polar surface area (TPSA) is 72.3 Å². The third kappa shape index (κ3) is 3.43. The minimum absolute atomic E-state index is 0.142. The van der Waals surface area contributed by atoms with Crippen molar-refractivity contribution >= 4 is 27.5 Å². The average molecular weight is 384 g/mol. The molecule has 2 rings (SSSR count). The van der Waals surface area contributed by atoms with Gasteiger partial charge in [-0.1, -0.05) is 17.7 Å². The van der Waals surface area contributed by atoms with Crippen molar-refractivity contribution < 1.29 is 13.2 Å². The summed E-state index contributed by atoms with van der Waals surface area (Å²) in [5.41, 5.74) is 1.91. The summed E-state index contributed by atoms with van der Waals surface area (Å²) in [7, 11) is -3.88. The monoisotopic (exact) mass is 383 g/mol. The molecule has 1 heterocycles. The van der Waals surface area contributed by atoms with Gasteiger partial charge in [-0.25, -0.2) is 13.2 Å². The Balaban J connectivity index is 2.53. The van der Waals surface area contributed by atoms with Gasteiger partial charge < -0.3 is 4.90 Å². The Kier molecular flexibility index (Phi) is 5.58. The van der Waals surface area contributed by atoms with Gasteiger partial charge in [-0.05, 0) is 57.4 Å². The molecule has 8 heteroatoms. The number of aromatic nitrogens is 2. The van der Waals surface area contributed by atoms with E-state index < -0.39 is 9.84 Å². The molecule has 0 aliphatic heterocycles. The second-order valence-corrected chi connectivity index (χ2v) is 8.05. The predicted octanol–water partition coefficient (Wildman–Crippen LogP) is 3.60. The summed E-state index contributed by atoms with van der Waals surface area (Å²) in [5.74, 6) is 0. The van der Waals surface area contributed by atoms with Crippen molar-refractivity contribution in [2.45, 2.75) is 44.5 Å². The molecule has 6 nitrogen and oxygen atoms in total. The summed E-state index contributed by atoms with van der Waals surface area (Å²) >= 11 is 6.23. The van der Waals surface area contributed by atoms with Crippen LogP contribution in [0.15, 0.2) is 28.3 Å². The van der Waals surface area contributed by atoms with E-state index >= 15 is 0 Å². The van der Waals surface area contributed by atoms with Gasteiger partial charge in [0.2, 0.25) is 9.84 Å². The minimum Gasteiger partial charge on any atom is -0.323 e. The van der Waals surface area contributed by atoms with Crippen LogP contribution >= 0.6 is 11.6 Å². The van der Waals surface area contributed by atoms with Crippen LogP contribution in [0.4, 0.5) is 4.79 Å². The second kappa shape index (κ2) is 7.17. The molecular weight excluding hydrogens is 362 g/mol. The number of carbonyl (C=O) groups is 1. The molecule has 0 aliphatic rings. The highest BCUT2D eigenvalue weighted by atomic mass is 35.5. The standard InChI is InChI=1S/C17H22ClN3O3S/c1-6-20(7-2)17(22)21-9-8-14(19-21)25(23,24)16-12(4)10-11(3)15(18)13(16)5/h8-10H,6-7H2,1-5H3. The van der Waals surface area contributed by atoms with E-state index in [0.717, 1.165) is 10.2 Å². The fourth-order valence-corrected chi connectivity index (χ4v) is 4.70. The van der Waals surface area contributed by atoms with E-state index in [4.69, 9.17) is 11.6 Å². The molecule has 0 bridgehead atoms. The van der Waals surface area contributed by atoms with Crippen LogP contribution < -0.4 is 0 Å². The number of hydrogen-bond donors (Lipinski definition) is 0. The van der Waals surface area contributed by atoms with Crippen molar-refractivity contribution in [3.8, 4) is 0 Å². The van der Waals surface area contributed by atoms with E-state index in [1.54, 1.807) is 24.8 Å². The summed E-state index contributed by atoms with van der Waals surface area (Å²) < 4.78 is 27.1. The second-order valence-electron chi connectivity index (χ2n) is 5.84. The van der Waals surface area contributed by atoms with Crippen molar-refractivity contribution in [3.05, 3.63) is 40.0 Å². The van der Waals surface area contributed by atoms with Gasteiger partial charge >= 0.3 is 6.03 Å². The van der Waals surface area contributed by atoms with Crippen LogP contribution in [0.3, 0.4) is 0 Å². The molecule has 1 aromatic heterocycles. The molecule has 0 atom stereocenters. The van der Waals surface area contributed by atoms with Crippen molar-refractivity contribution in [1.82, 2.24) is 14.7 Å². The number of halogens is 1. The highest BCUT2D eigenvalue weighted by molar-refractivity contribution is 7.91. The SMILES string of the molecule is CCN(CC)C(=O)n1ccc(S(=O)(=O)c2c(C)cc(C)c(Cl)c2C)n1. The Labute approximate surface area is 153 Å². The molecule has 2 aromatic rings. The normalized spacial score (nSPS) is 11.6. The molecule has 25 heavy (non-hydrogen) atoms. The summed E-state index contributed by atoms with van der Waals surface area (Å²) in [6.45, 7) is 9.96. The van der Waals surface area contributed by atoms with Gasteiger partial charge in [-0.3, -0.25) is 0 Å². The molecule has 0 radical (unpaired) electrons. The largest absolute Gasteiger partial charge is 0.344 e. The lowest BCUT2D eigenvalue weighted by Gasteiger charge is -2.17. The fourth-order valence-electron chi connectivity index (χ4n) is 2.86. The van der Waals surface area contributed by atoms with Crippen molar-refractivity contribution in [3.63, 3.8) is 0 Å². The first kappa shape index (κ1) is 19.5. The van der Waals surface area contributed by atoms with Crippen LogP contribution in [-0.2, 0) is 9.84 Å².